The molecule has 0 fully saturated rings. The smallest absolute Gasteiger partial charge is 0.387 e. The van der Waals surface area contributed by atoms with Gasteiger partial charge in [-0.1, -0.05) is 30.3 Å². The fraction of sp³-hybridized carbons (Fsp3) is 0.231. The van der Waals surface area contributed by atoms with E-state index in [9.17, 15) is 13.2 Å². The van der Waals surface area contributed by atoms with Crippen LogP contribution in [-0.4, -0.2) is 15.6 Å². The van der Waals surface area contributed by atoms with Crippen molar-refractivity contribution >= 4 is 5.84 Å². The van der Waals surface area contributed by atoms with Crippen molar-refractivity contribution in [3.8, 4) is 0 Å². The molecule has 0 amide bonds. The van der Waals surface area contributed by atoms with Crippen molar-refractivity contribution < 1.29 is 13.2 Å². The quantitative estimate of drug-likeness (QED) is 0.668. The standard InChI is InChI=1S/C13H13F3N4/c14-13(15,16)10-6-19-20(7-10)8-11(12(17)18)9-4-2-1-3-5-9/h1-7,11H,8H2,(H3,17,18). The third-order valence-electron chi connectivity index (χ3n) is 2.91. The number of benzene rings is 1. The van der Waals surface area contributed by atoms with Crippen LogP contribution in [0.25, 0.3) is 0 Å². The van der Waals surface area contributed by atoms with Crippen molar-refractivity contribution in [1.29, 1.82) is 5.41 Å². The Morgan fingerprint density at radius 1 is 1.30 bits per heavy atom. The number of hydrogen-bond donors (Lipinski definition) is 2. The van der Waals surface area contributed by atoms with E-state index >= 15 is 0 Å². The summed E-state index contributed by atoms with van der Waals surface area (Å²) in [6.07, 6.45) is -2.74. The molecular formula is C13H13F3N4. The van der Waals surface area contributed by atoms with Gasteiger partial charge in [0.15, 0.2) is 0 Å². The van der Waals surface area contributed by atoms with Crippen molar-refractivity contribution in [3.63, 3.8) is 0 Å². The maximum Gasteiger partial charge on any atom is 0.419 e. The lowest BCUT2D eigenvalue weighted by Gasteiger charge is -2.15. The molecule has 4 nitrogen and oxygen atoms in total. The van der Waals surface area contributed by atoms with Crippen molar-refractivity contribution in [2.45, 2.75) is 18.6 Å². The first-order chi connectivity index (χ1) is 9.38. The molecule has 1 unspecified atom stereocenters. The summed E-state index contributed by atoms with van der Waals surface area (Å²) in [5.41, 5.74) is 5.48. The predicted molar refractivity (Wildman–Crippen MR) is 68.3 cm³/mol. The number of nitrogens with one attached hydrogen (secondary N) is 1. The molecular weight excluding hydrogens is 269 g/mol. The van der Waals surface area contributed by atoms with Crippen LogP contribution in [0.4, 0.5) is 13.2 Å². The average Bonchev–Trinajstić information content (AvgIpc) is 2.85. The largest absolute Gasteiger partial charge is 0.419 e. The maximum absolute atomic E-state index is 12.5. The van der Waals surface area contributed by atoms with Crippen molar-refractivity contribution in [2.75, 3.05) is 0 Å². The van der Waals surface area contributed by atoms with Gasteiger partial charge in [0.1, 0.15) is 5.84 Å². The molecule has 0 bridgehead atoms. The van der Waals surface area contributed by atoms with Gasteiger partial charge in [-0.05, 0) is 5.56 Å². The molecule has 0 aliphatic rings. The summed E-state index contributed by atoms with van der Waals surface area (Å²) in [6, 6.07) is 8.95. The normalized spacial score (nSPS) is 13.2. The summed E-state index contributed by atoms with van der Waals surface area (Å²) in [5, 5.41) is 11.3. The van der Waals surface area contributed by atoms with E-state index in [2.05, 4.69) is 5.10 Å². The Labute approximate surface area is 113 Å². The third-order valence-corrected chi connectivity index (χ3v) is 2.91. The van der Waals surface area contributed by atoms with Crippen LogP contribution in [-0.2, 0) is 12.7 Å². The first-order valence-electron chi connectivity index (χ1n) is 5.86. The van der Waals surface area contributed by atoms with E-state index in [0.29, 0.717) is 0 Å². The van der Waals surface area contributed by atoms with E-state index in [1.54, 1.807) is 24.3 Å². The summed E-state index contributed by atoms with van der Waals surface area (Å²) in [6.45, 7) is 0.0927. The Hall–Kier alpha value is -2.31. The van der Waals surface area contributed by atoms with E-state index in [1.165, 1.54) is 0 Å². The van der Waals surface area contributed by atoms with Crippen molar-refractivity contribution in [2.24, 2.45) is 5.73 Å². The highest BCUT2D eigenvalue weighted by molar-refractivity contribution is 5.84. The van der Waals surface area contributed by atoms with Gasteiger partial charge in [0.2, 0.25) is 0 Å². The fourth-order valence-corrected chi connectivity index (χ4v) is 1.87. The zero-order chi connectivity index (χ0) is 14.8. The number of alkyl halides is 3. The van der Waals surface area contributed by atoms with E-state index in [-0.39, 0.29) is 12.4 Å². The van der Waals surface area contributed by atoms with Crippen LogP contribution in [0.5, 0.6) is 0 Å². The SMILES string of the molecule is N=C(N)C(Cn1cc(C(F)(F)F)cn1)c1ccccc1. The number of halogens is 3. The first kappa shape index (κ1) is 14.1. The zero-order valence-corrected chi connectivity index (χ0v) is 10.4. The lowest BCUT2D eigenvalue weighted by molar-refractivity contribution is -0.137. The Bertz CT molecular complexity index is 589. The molecule has 2 aromatic rings. The molecule has 1 aromatic carbocycles. The Balaban J connectivity index is 2.22. The number of hydrogen-bond acceptors (Lipinski definition) is 2. The summed E-state index contributed by atoms with van der Waals surface area (Å²) in [5.74, 6) is -0.613. The van der Waals surface area contributed by atoms with Crippen molar-refractivity contribution in [3.05, 3.63) is 53.9 Å². The van der Waals surface area contributed by atoms with E-state index in [0.717, 1.165) is 22.6 Å². The van der Waals surface area contributed by atoms with Crippen LogP contribution < -0.4 is 5.73 Å². The molecule has 2 rings (SSSR count). The minimum absolute atomic E-state index is 0.0927. The fourth-order valence-electron chi connectivity index (χ4n) is 1.87. The minimum Gasteiger partial charge on any atom is -0.387 e. The summed E-state index contributed by atoms with van der Waals surface area (Å²) >= 11 is 0. The number of nitrogens with zero attached hydrogens (tertiary/aromatic N) is 2. The van der Waals surface area contributed by atoms with E-state index < -0.39 is 17.7 Å². The zero-order valence-electron chi connectivity index (χ0n) is 10.4. The predicted octanol–water partition coefficient (Wildman–Crippen LogP) is 2.62. The second kappa shape index (κ2) is 5.36. The second-order valence-corrected chi connectivity index (χ2v) is 4.37. The Kier molecular flexibility index (Phi) is 3.78. The molecule has 1 atom stereocenters. The molecule has 20 heavy (non-hydrogen) atoms. The van der Waals surface area contributed by atoms with Gasteiger partial charge in [-0.2, -0.15) is 18.3 Å². The van der Waals surface area contributed by atoms with Gasteiger partial charge in [0.25, 0.3) is 0 Å². The topological polar surface area (TPSA) is 67.7 Å². The van der Waals surface area contributed by atoms with Gasteiger partial charge in [0, 0.05) is 6.20 Å². The number of aromatic nitrogens is 2. The number of nitrogens with two attached hydrogens (primary N) is 1. The van der Waals surface area contributed by atoms with Crippen LogP contribution >= 0.6 is 0 Å². The molecule has 0 spiro atoms. The van der Waals surface area contributed by atoms with Gasteiger partial charge in [-0.3, -0.25) is 10.1 Å². The minimum atomic E-state index is -4.42. The van der Waals surface area contributed by atoms with Crippen LogP contribution in [0.15, 0.2) is 42.7 Å². The molecule has 106 valence electrons. The maximum atomic E-state index is 12.5. The highest BCUT2D eigenvalue weighted by Gasteiger charge is 2.32. The van der Waals surface area contributed by atoms with Crippen LogP contribution in [0.3, 0.4) is 0 Å². The van der Waals surface area contributed by atoms with Gasteiger partial charge in [-0.15, -0.1) is 0 Å². The molecule has 0 saturated carbocycles. The number of rotatable bonds is 4. The van der Waals surface area contributed by atoms with Gasteiger partial charge >= 0.3 is 6.18 Å². The third kappa shape index (κ3) is 3.17. The van der Waals surface area contributed by atoms with Gasteiger partial charge < -0.3 is 5.73 Å². The highest BCUT2D eigenvalue weighted by atomic mass is 19.4. The molecule has 0 radical (unpaired) electrons. The summed E-state index contributed by atoms with van der Waals surface area (Å²) in [4.78, 5) is 0. The lowest BCUT2D eigenvalue weighted by Crippen LogP contribution is -2.25. The van der Waals surface area contributed by atoms with Gasteiger partial charge in [-0.25, -0.2) is 0 Å². The molecule has 0 aliphatic carbocycles. The molecule has 1 heterocycles. The number of amidine groups is 1. The average molecular weight is 282 g/mol. The summed E-state index contributed by atoms with van der Waals surface area (Å²) in [7, 11) is 0. The first-order valence-corrected chi connectivity index (χ1v) is 5.86. The van der Waals surface area contributed by atoms with Crippen LogP contribution in [0, 0.1) is 5.41 Å². The summed E-state index contributed by atoms with van der Waals surface area (Å²) < 4.78 is 38.7. The van der Waals surface area contributed by atoms with Crippen molar-refractivity contribution in [1.82, 2.24) is 9.78 Å². The Morgan fingerprint density at radius 3 is 2.45 bits per heavy atom. The van der Waals surface area contributed by atoms with E-state index in [4.69, 9.17) is 11.1 Å². The van der Waals surface area contributed by atoms with Gasteiger partial charge in [0.05, 0.1) is 24.2 Å². The molecule has 7 heteroatoms. The molecule has 1 aromatic heterocycles. The van der Waals surface area contributed by atoms with E-state index in [1.807, 2.05) is 6.07 Å². The Morgan fingerprint density at radius 2 is 1.95 bits per heavy atom. The molecule has 0 aliphatic heterocycles. The van der Waals surface area contributed by atoms with Crippen LogP contribution in [0.2, 0.25) is 0 Å². The molecule has 0 saturated heterocycles. The monoisotopic (exact) mass is 282 g/mol. The van der Waals surface area contributed by atoms with Crippen LogP contribution in [0.1, 0.15) is 17.0 Å². The highest BCUT2D eigenvalue weighted by Crippen LogP contribution is 2.29. The lowest BCUT2D eigenvalue weighted by atomic mass is 9.98. The second-order valence-electron chi connectivity index (χ2n) is 4.37. The molecule has 3 N–H and O–H groups in total.